The fourth-order valence-corrected chi connectivity index (χ4v) is 1.33. The highest BCUT2D eigenvalue weighted by Gasteiger charge is 2.14. The van der Waals surface area contributed by atoms with Gasteiger partial charge in [-0.1, -0.05) is 12.8 Å². The molecule has 0 aliphatic heterocycles. The number of hydrogen-bond donors (Lipinski definition) is 1. The second-order valence-electron chi connectivity index (χ2n) is 3.41. The summed E-state index contributed by atoms with van der Waals surface area (Å²) in [6, 6.07) is 3.26. The molecule has 1 amide bonds. The van der Waals surface area contributed by atoms with Gasteiger partial charge in [-0.05, 0) is 18.6 Å². The standard InChI is InChI=1S/C12H15N3O/c1-3-7-15(8-4-2)12(16)11-6-5-10(13)9-14-11/h1,5-6,9H,4,7-8,13H2,2H3. The topological polar surface area (TPSA) is 59.2 Å². The third kappa shape index (κ3) is 2.99. The van der Waals surface area contributed by atoms with E-state index in [-0.39, 0.29) is 5.91 Å². The summed E-state index contributed by atoms with van der Waals surface area (Å²) in [6.45, 7) is 2.93. The summed E-state index contributed by atoms with van der Waals surface area (Å²) in [5, 5.41) is 0. The average Bonchev–Trinajstić information content (AvgIpc) is 2.29. The Kier molecular flexibility index (Phi) is 4.34. The minimum Gasteiger partial charge on any atom is -0.397 e. The van der Waals surface area contributed by atoms with Crippen molar-refractivity contribution in [1.29, 1.82) is 0 Å². The molecule has 0 atom stereocenters. The van der Waals surface area contributed by atoms with Crippen LogP contribution >= 0.6 is 0 Å². The highest BCUT2D eigenvalue weighted by molar-refractivity contribution is 5.92. The van der Waals surface area contributed by atoms with Crippen molar-refractivity contribution >= 4 is 11.6 Å². The van der Waals surface area contributed by atoms with Gasteiger partial charge in [-0.15, -0.1) is 6.42 Å². The molecule has 1 aromatic heterocycles. The van der Waals surface area contributed by atoms with E-state index in [1.54, 1.807) is 17.0 Å². The Balaban J connectivity index is 2.82. The first kappa shape index (κ1) is 12.1. The van der Waals surface area contributed by atoms with Gasteiger partial charge >= 0.3 is 0 Å². The predicted molar refractivity (Wildman–Crippen MR) is 63.7 cm³/mol. The number of carbonyl (C=O) groups excluding carboxylic acids is 1. The zero-order chi connectivity index (χ0) is 12.0. The summed E-state index contributed by atoms with van der Waals surface area (Å²) in [6.07, 6.45) is 7.54. The Hall–Kier alpha value is -2.02. The Morgan fingerprint density at radius 2 is 2.38 bits per heavy atom. The number of anilines is 1. The van der Waals surface area contributed by atoms with Crippen molar-refractivity contribution in [2.24, 2.45) is 0 Å². The van der Waals surface area contributed by atoms with Gasteiger partial charge in [0.25, 0.3) is 5.91 Å². The number of amides is 1. The van der Waals surface area contributed by atoms with E-state index in [9.17, 15) is 4.79 Å². The Bertz CT molecular complexity index is 392. The van der Waals surface area contributed by atoms with Crippen LogP contribution in [-0.4, -0.2) is 28.9 Å². The first-order chi connectivity index (χ1) is 7.69. The maximum Gasteiger partial charge on any atom is 0.273 e. The third-order valence-electron chi connectivity index (χ3n) is 2.07. The summed E-state index contributed by atoms with van der Waals surface area (Å²) in [7, 11) is 0. The van der Waals surface area contributed by atoms with Crippen LogP contribution < -0.4 is 5.73 Å². The normalized spacial score (nSPS) is 9.50. The van der Waals surface area contributed by atoms with E-state index in [0.717, 1.165) is 6.42 Å². The van der Waals surface area contributed by atoms with Gasteiger partial charge in [0.15, 0.2) is 0 Å². The van der Waals surface area contributed by atoms with Crippen molar-refractivity contribution < 1.29 is 4.79 Å². The fraction of sp³-hybridized carbons (Fsp3) is 0.333. The van der Waals surface area contributed by atoms with E-state index in [4.69, 9.17) is 12.2 Å². The van der Waals surface area contributed by atoms with Crippen LogP contribution in [-0.2, 0) is 0 Å². The maximum atomic E-state index is 12.0. The quantitative estimate of drug-likeness (QED) is 0.770. The molecule has 0 aromatic carbocycles. The summed E-state index contributed by atoms with van der Waals surface area (Å²) in [5.74, 6) is 2.31. The highest BCUT2D eigenvalue weighted by Crippen LogP contribution is 2.05. The zero-order valence-electron chi connectivity index (χ0n) is 9.31. The number of nitrogen functional groups attached to an aromatic ring is 1. The van der Waals surface area contributed by atoms with Crippen LogP contribution in [0.4, 0.5) is 5.69 Å². The van der Waals surface area contributed by atoms with E-state index in [1.165, 1.54) is 6.20 Å². The fourth-order valence-electron chi connectivity index (χ4n) is 1.33. The van der Waals surface area contributed by atoms with E-state index in [0.29, 0.717) is 24.5 Å². The smallest absolute Gasteiger partial charge is 0.273 e. The Labute approximate surface area is 95.5 Å². The molecule has 1 heterocycles. The molecule has 0 bridgehead atoms. The molecule has 2 N–H and O–H groups in total. The van der Waals surface area contributed by atoms with Crippen LogP contribution in [0.5, 0.6) is 0 Å². The van der Waals surface area contributed by atoms with Gasteiger partial charge in [-0.3, -0.25) is 4.79 Å². The van der Waals surface area contributed by atoms with Crippen molar-refractivity contribution in [1.82, 2.24) is 9.88 Å². The maximum absolute atomic E-state index is 12.0. The number of nitrogens with zero attached hydrogens (tertiary/aromatic N) is 2. The predicted octanol–water partition coefficient (Wildman–Crippen LogP) is 1.15. The number of aromatic nitrogens is 1. The van der Waals surface area contributed by atoms with Crippen LogP contribution in [0.15, 0.2) is 18.3 Å². The lowest BCUT2D eigenvalue weighted by Gasteiger charge is -2.18. The lowest BCUT2D eigenvalue weighted by molar-refractivity contribution is 0.0771. The van der Waals surface area contributed by atoms with Gasteiger partial charge in [0.05, 0.1) is 18.4 Å². The van der Waals surface area contributed by atoms with Crippen LogP contribution in [0.1, 0.15) is 23.8 Å². The van der Waals surface area contributed by atoms with Crippen LogP contribution in [0.25, 0.3) is 0 Å². The highest BCUT2D eigenvalue weighted by atomic mass is 16.2. The lowest BCUT2D eigenvalue weighted by Crippen LogP contribution is -2.32. The number of nitrogens with two attached hydrogens (primary N) is 1. The minimum atomic E-state index is -0.153. The molecule has 4 heteroatoms. The van der Waals surface area contributed by atoms with Crippen LogP contribution in [0.3, 0.4) is 0 Å². The van der Waals surface area contributed by atoms with Gasteiger partial charge in [-0.25, -0.2) is 4.98 Å². The molecular weight excluding hydrogens is 202 g/mol. The van der Waals surface area contributed by atoms with Gasteiger partial charge in [0.1, 0.15) is 5.69 Å². The Morgan fingerprint density at radius 3 is 2.88 bits per heavy atom. The first-order valence-electron chi connectivity index (χ1n) is 5.13. The number of rotatable bonds is 4. The molecule has 0 unspecified atom stereocenters. The summed E-state index contributed by atoms with van der Waals surface area (Å²) in [5.41, 5.74) is 6.41. The van der Waals surface area contributed by atoms with Crippen LogP contribution in [0, 0.1) is 12.3 Å². The monoisotopic (exact) mass is 217 g/mol. The molecule has 4 nitrogen and oxygen atoms in total. The molecule has 84 valence electrons. The van der Waals surface area contributed by atoms with E-state index in [2.05, 4.69) is 10.9 Å². The number of terminal acetylenes is 1. The number of carbonyl (C=O) groups is 1. The van der Waals surface area contributed by atoms with E-state index < -0.39 is 0 Å². The van der Waals surface area contributed by atoms with Crippen molar-refractivity contribution in [3.05, 3.63) is 24.0 Å². The van der Waals surface area contributed by atoms with Crippen molar-refractivity contribution in [2.75, 3.05) is 18.8 Å². The van der Waals surface area contributed by atoms with Crippen molar-refractivity contribution in [2.45, 2.75) is 13.3 Å². The summed E-state index contributed by atoms with van der Waals surface area (Å²) in [4.78, 5) is 17.5. The van der Waals surface area contributed by atoms with Crippen LogP contribution in [0.2, 0.25) is 0 Å². The molecule has 1 rings (SSSR count). The second kappa shape index (κ2) is 5.76. The lowest BCUT2D eigenvalue weighted by atomic mass is 10.3. The minimum absolute atomic E-state index is 0.153. The molecular formula is C12H15N3O. The molecule has 0 radical (unpaired) electrons. The van der Waals surface area contributed by atoms with Gasteiger partial charge in [0.2, 0.25) is 0 Å². The molecule has 0 saturated carbocycles. The Morgan fingerprint density at radius 1 is 1.62 bits per heavy atom. The molecule has 16 heavy (non-hydrogen) atoms. The van der Waals surface area contributed by atoms with Crippen molar-refractivity contribution in [3.63, 3.8) is 0 Å². The van der Waals surface area contributed by atoms with Crippen molar-refractivity contribution in [3.8, 4) is 12.3 Å². The van der Waals surface area contributed by atoms with Gasteiger partial charge in [0, 0.05) is 6.54 Å². The van der Waals surface area contributed by atoms with Gasteiger partial charge < -0.3 is 10.6 Å². The zero-order valence-corrected chi connectivity index (χ0v) is 9.31. The summed E-state index contributed by atoms with van der Waals surface area (Å²) < 4.78 is 0. The molecule has 0 aliphatic carbocycles. The molecule has 0 spiro atoms. The average molecular weight is 217 g/mol. The van der Waals surface area contributed by atoms with E-state index in [1.807, 2.05) is 6.92 Å². The number of pyridine rings is 1. The largest absolute Gasteiger partial charge is 0.397 e. The van der Waals surface area contributed by atoms with E-state index >= 15 is 0 Å². The molecule has 0 saturated heterocycles. The van der Waals surface area contributed by atoms with Gasteiger partial charge in [-0.2, -0.15) is 0 Å². The molecule has 0 aliphatic rings. The summed E-state index contributed by atoms with van der Waals surface area (Å²) >= 11 is 0. The third-order valence-corrected chi connectivity index (χ3v) is 2.07. The second-order valence-corrected chi connectivity index (χ2v) is 3.41. The molecule has 1 aromatic rings. The SMILES string of the molecule is C#CCN(CCC)C(=O)c1ccc(N)cn1. The first-order valence-corrected chi connectivity index (χ1v) is 5.13. The number of hydrogen-bond acceptors (Lipinski definition) is 3. The molecule has 0 fully saturated rings.